The van der Waals surface area contributed by atoms with E-state index >= 15 is 0 Å². The lowest BCUT2D eigenvalue weighted by molar-refractivity contribution is 0.619. The molecule has 1 aromatic heterocycles. The van der Waals surface area contributed by atoms with Crippen molar-refractivity contribution in [1.82, 2.24) is 4.98 Å². The van der Waals surface area contributed by atoms with Crippen molar-refractivity contribution in [2.45, 2.75) is 0 Å². The fraction of sp³-hybridized carbons (Fsp3) is 0. The van der Waals surface area contributed by atoms with Crippen LogP contribution in [0.15, 0.2) is 55.8 Å². The van der Waals surface area contributed by atoms with Gasteiger partial charge in [0, 0.05) is 8.95 Å². The van der Waals surface area contributed by atoms with Gasteiger partial charge in [-0.1, -0.05) is 28.1 Å². The number of hydrogen-bond acceptors (Lipinski definition) is 2. The number of benzene rings is 2. The first-order chi connectivity index (χ1) is 8.24. The molecular formula is C13H7Br2NO. The number of fused-ring (bicyclic) bond motifs is 1. The topological polar surface area (TPSA) is 26.0 Å². The summed E-state index contributed by atoms with van der Waals surface area (Å²) >= 11 is 6.92. The zero-order valence-electron chi connectivity index (χ0n) is 8.65. The van der Waals surface area contributed by atoms with Crippen LogP contribution in [0.5, 0.6) is 0 Å². The van der Waals surface area contributed by atoms with Crippen molar-refractivity contribution in [2.24, 2.45) is 0 Å². The van der Waals surface area contributed by atoms with Gasteiger partial charge in [-0.3, -0.25) is 0 Å². The van der Waals surface area contributed by atoms with Crippen LogP contribution in [0.25, 0.3) is 22.6 Å². The first-order valence-corrected chi connectivity index (χ1v) is 6.63. The number of halogens is 2. The summed E-state index contributed by atoms with van der Waals surface area (Å²) in [6.07, 6.45) is 0. The highest BCUT2D eigenvalue weighted by Crippen LogP contribution is 2.30. The molecule has 2 nitrogen and oxygen atoms in total. The maximum atomic E-state index is 5.73. The largest absolute Gasteiger partial charge is 0.436 e. The van der Waals surface area contributed by atoms with E-state index in [0.717, 1.165) is 25.6 Å². The lowest BCUT2D eigenvalue weighted by Gasteiger charge is -1.97. The Morgan fingerprint density at radius 3 is 2.65 bits per heavy atom. The summed E-state index contributed by atoms with van der Waals surface area (Å²) in [5.41, 5.74) is 2.60. The average Bonchev–Trinajstić information content (AvgIpc) is 2.72. The lowest BCUT2D eigenvalue weighted by Crippen LogP contribution is -1.78. The molecule has 0 amide bonds. The number of aromatic nitrogens is 1. The van der Waals surface area contributed by atoms with Crippen LogP contribution in [0.4, 0.5) is 0 Å². The Hall–Kier alpha value is -1.13. The maximum absolute atomic E-state index is 5.73. The van der Waals surface area contributed by atoms with E-state index in [1.807, 2.05) is 42.5 Å². The van der Waals surface area contributed by atoms with Crippen molar-refractivity contribution in [3.05, 3.63) is 51.4 Å². The number of hydrogen-bond donors (Lipinski definition) is 0. The Labute approximate surface area is 115 Å². The summed E-state index contributed by atoms with van der Waals surface area (Å²) in [5.74, 6) is 0.630. The highest BCUT2D eigenvalue weighted by atomic mass is 79.9. The van der Waals surface area contributed by atoms with Crippen LogP contribution in [-0.2, 0) is 0 Å². The van der Waals surface area contributed by atoms with Gasteiger partial charge >= 0.3 is 0 Å². The van der Waals surface area contributed by atoms with Crippen molar-refractivity contribution < 1.29 is 4.42 Å². The van der Waals surface area contributed by atoms with Gasteiger partial charge in [0.1, 0.15) is 5.52 Å². The van der Waals surface area contributed by atoms with Crippen molar-refractivity contribution in [3.63, 3.8) is 0 Å². The fourth-order valence-corrected chi connectivity index (χ4v) is 2.45. The van der Waals surface area contributed by atoms with Crippen molar-refractivity contribution >= 4 is 43.0 Å². The van der Waals surface area contributed by atoms with E-state index in [1.54, 1.807) is 0 Å². The van der Waals surface area contributed by atoms with Gasteiger partial charge in [0.25, 0.3) is 0 Å². The van der Waals surface area contributed by atoms with Gasteiger partial charge in [-0.15, -0.1) is 0 Å². The molecule has 1 heterocycles. The second kappa shape index (κ2) is 4.27. The van der Waals surface area contributed by atoms with E-state index in [2.05, 4.69) is 36.8 Å². The molecule has 0 aliphatic rings. The molecule has 0 bridgehead atoms. The minimum Gasteiger partial charge on any atom is -0.436 e. The van der Waals surface area contributed by atoms with Gasteiger partial charge in [0.15, 0.2) is 5.58 Å². The number of oxazole rings is 1. The average molecular weight is 353 g/mol. The van der Waals surface area contributed by atoms with E-state index in [0.29, 0.717) is 5.89 Å². The van der Waals surface area contributed by atoms with Gasteiger partial charge in [-0.25, -0.2) is 4.98 Å². The van der Waals surface area contributed by atoms with Gasteiger partial charge in [0.05, 0.1) is 5.56 Å². The van der Waals surface area contributed by atoms with Crippen LogP contribution >= 0.6 is 31.9 Å². The smallest absolute Gasteiger partial charge is 0.228 e. The maximum Gasteiger partial charge on any atom is 0.228 e. The van der Waals surface area contributed by atoms with Gasteiger partial charge in [-0.2, -0.15) is 0 Å². The SMILES string of the molecule is Brc1ccc2oc(-c3ccccc3Br)nc2c1. The zero-order valence-corrected chi connectivity index (χ0v) is 11.8. The Kier molecular flexibility index (Phi) is 2.76. The first kappa shape index (κ1) is 11.0. The number of rotatable bonds is 1. The molecule has 2 aromatic carbocycles. The zero-order chi connectivity index (χ0) is 11.8. The van der Waals surface area contributed by atoms with Crippen molar-refractivity contribution in [3.8, 4) is 11.5 Å². The van der Waals surface area contributed by atoms with Crippen LogP contribution < -0.4 is 0 Å². The van der Waals surface area contributed by atoms with E-state index in [4.69, 9.17) is 4.42 Å². The molecule has 0 aliphatic carbocycles. The molecule has 0 fully saturated rings. The predicted molar refractivity (Wildman–Crippen MR) is 74.8 cm³/mol. The standard InChI is InChI=1S/C13H7Br2NO/c14-8-5-6-12-11(7-8)16-13(17-12)9-3-1-2-4-10(9)15/h1-7H. The molecule has 0 saturated heterocycles. The molecule has 0 spiro atoms. The predicted octanol–water partition coefficient (Wildman–Crippen LogP) is 5.02. The van der Waals surface area contributed by atoms with Gasteiger partial charge < -0.3 is 4.42 Å². The monoisotopic (exact) mass is 351 g/mol. The summed E-state index contributed by atoms with van der Waals surface area (Å²) < 4.78 is 7.70. The van der Waals surface area contributed by atoms with Crippen molar-refractivity contribution in [2.75, 3.05) is 0 Å². The van der Waals surface area contributed by atoms with Crippen LogP contribution in [0, 0.1) is 0 Å². The highest BCUT2D eigenvalue weighted by Gasteiger charge is 2.10. The van der Waals surface area contributed by atoms with E-state index in [9.17, 15) is 0 Å². The summed E-state index contributed by atoms with van der Waals surface area (Å²) in [6, 6.07) is 13.7. The Morgan fingerprint density at radius 1 is 1.00 bits per heavy atom. The van der Waals surface area contributed by atoms with Crippen LogP contribution in [0.2, 0.25) is 0 Å². The highest BCUT2D eigenvalue weighted by molar-refractivity contribution is 9.10. The third kappa shape index (κ3) is 2.03. The van der Waals surface area contributed by atoms with E-state index in [1.165, 1.54) is 0 Å². The van der Waals surface area contributed by atoms with Crippen LogP contribution in [0.3, 0.4) is 0 Å². The molecular weight excluding hydrogens is 346 g/mol. The quantitative estimate of drug-likeness (QED) is 0.614. The molecule has 0 radical (unpaired) electrons. The third-order valence-corrected chi connectivity index (χ3v) is 3.64. The summed E-state index contributed by atoms with van der Waals surface area (Å²) in [4.78, 5) is 4.48. The summed E-state index contributed by atoms with van der Waals surface area (Å²) in [6.45, 7) is 0. The Balaban J connectivity index is 2.22. The second-order valence-corrected chi connectivity index (χ2v) is 5.38. The molecule has 0 atom stereocenters. The molecule has 3 aromatic rings. The van der Waals surface area contributed by atoms with Gasteiger partial charge in [0.2, 0.25) is 5.89 Å². The first-order valence-electron chi connectivity index (χ1n) is 5.05. The fourth-order valence-electron chi connectivity index (χ4n) is 1.65. The minimum atomic E-state index is 0.630. The van der Waals surface area contributed by atoms with Crippen LogP contribution in [-0.4, -0.2) is 4.98 Å². The minimum absolute atomic E-state index is 0.630. The Bertz CT molecular complexity index is 691. The molecule has 0 N–H and O–H groups in total. The molecule has 0 unspecified atom stereocenters. The number of nitrogens with zero attached hydrogens (tertiary/aromatic N) is 1. The normalized spacial score (nSPS) is 10.9. The molecule has 0 aliphatic heterocycles. The molecule has 17 heavy (non-hydrogen) atoms. The summed E-state index contributed by atoms with van der Waals surface area (Å²) in [5, 5.41) is 0. The third-order valence-electron chi connectivity index (χ3n) is 2.45. The lowest BCUT2D eigenvalue weighted by atomic mass is 10.2. The second-order valence-electron chi connectivity index (χ2n) is 3.61. The summed E-state index contributed by atoms with van der Waals surface area (Å²) in [7, 11) is 0. The molecule has 4 heteroatoms. The molecule has 3 rings (SSSR count). The molecule has 0 saturated carbocycles. The van der Waals surface area contributed by atoms with Gasteiger partial charge in [-0.05, 0) is 46.3 Å². The van der Waals surface area contributed by atoms with Crippen LogP contribution in [0.1, 0.15) is 0 Å². The van der Waals surface area contributed by atoms with E-state index in [-0.39, 0.29) is 0 Å². The van der Waals surface area contributed by atoms with E-state index < -0.39 is 0 Å². The molecule has 84 valence electrons. The Morgan fingerprint density at radius 2 is 1.82 bits per heavy atom. The van der Waals surface area contributed by atoms with Crippen molar-refractivity contribution in [1.29, 1.82) is 0 Å².